The first-order valence-corrected chi connectivity index (χ1v) is 11.3. The van der Waals surface area contributed by atoms with E-state index in [1.54, 1.807) is 0 Å². The fourth-order valence-electron chi connectivity index (χ4n) is 5.02. The minimum Gasteiger partial charge on any atom is -0.0667 e. The van der Waals surface area contributed by atoms with E-state index in [2.05, 4.69) is 56.3 Å². The second-order valence-electron chi connectivity index (χ2n) is 9.37. The van der Waals surface area contributed by atoms with Crippen LogP contribution in [0.1, 0.15) is 126 Å². The Bertz CT molecular complexity index is 290. The zero-order valence-electron chi connectivity index (χ0n) is 18.6. The van der Waals surface area contributed by atoms with Gasteiger partial charge in [-0.3, -0.25) is 0 Å². The lowest BCUT2D eigenvalue weighted by molar-refractivity contribution is 0.133. The monoisotopic (exact) mass is 336 g/mol. The van der Waals surface area contributed by atoms with Gasteiger partial charge in [0.1, 0.15) is 7.85 Å². The van der Waals surface area contributed by atoms with E-state index in [1.807, 2.05) is 0 Å². The van der Waals surface area contributed by atoms with Gasteiger partial charge < -0.3 is 0 Å². The van der Waals surface area contributed by atoms with Crippen molar-refractivity contribution in [3.8, 4) is 0 Å². The molecule has 0 saturated carbocycles. The summed E-state index contributed by atoms with van der Waals surface area (Å²) in [4.78, 5) is 0. The molecule has 0 aromatic carbocycles. The molecule has 0 aromatic rings. The van der Waals surface area contributed by atoms with E-state index in [0.717, 1.165) is 11.8 Å². The second kappa shape index (κ2) is 12.4. The van der Waals surface area contributed by atoms with Crippen LogP contribution in [0.15, 0.2) is 0 Å². The van der Waals surface area contributed by atoms with Crippen molar-refractivity contribution in [1.82, 2.24) is 0 Å². The van der Waals surface area contributed by atoms with Crippen LogP contribution in [0.5, 0.6) is 0 Å². The van der Waals surface area contributed by atoms with Crippen molar-refractivity contribution in [2.75, 3.05) is 0 Å². The largest absolute Gasteiger partial charge is 0.109 e. The van der Waals surface area contributed by atoms with Crippen molar-refractivity contribution in [1.29, 1.82) is 0 Å². The molecule has 3 atom stereocenters. The number of hydrogen-bond donors (Lipinski definition) is 0. The highest BCUT2D eigenvalue weighted by Crippen LogP contribution is 2.44. The molecule has 0 rings (SSSR count). The zero-order chi connectivity index (χ0) is 18.6. The highest BCUT2D eigenvalue weighted by molar-refractivity contribution is 6.15. The first-order valence-electron chi connectivity index (χ1n) is 11.3. The van der Waals surface area contributed by atoms with Gasteiger partial charge in [0.15, 0.2) is 0 Å². The van der Waals surface area contributed by atoms with Crippen molar-refractivity contribution in [3.63, 3.8) is 0 Å². The Morgan fingerprint density at radius 1 is 0.708 bits per heavy atom. The second-order valence-corrected chi connectivity index (χ2v) is 9.37. The van der Waals surface area contributed by atoms with Crippen molar-refractivity contribution in [2.45, 2.75) is 131 Å². The molecule has 0 spiro atoms. The van der Waals surface area contributed by atoms with Gasteiger partial charge in [-0.25, -0.2) is 0 Å². The highest BCUT2D eigenvalue weighted by atomic mass is 14.4. The molecule has 0 nitrogen and oxygen atoms in total. The first kappa shape index (κ1) is 24.1. The van der Waals surface area contributed by atoms with Crippen LogP contribution in [0.3, 0.4) is 0 Å². The summed E-state index contributed by atoms with van der Waals surface area (Å²) in [5, 5.41) is 0.527. The third-order valence-corrected chi connectivity index (χ3v) is 7.12. The Balaban J connectivity index is 4.53. The van der Waals surface area contributed by atoms with Crippen LogP contribution >= 0.6 is 0 Å². The average molecular weight is 336 g/mol. The van der Waals surface area contributed by atoms with Gasteiger partial charge in [0, 0.05) is 0 Å². The molecule has 0 fully saturated rings. The van der Waals surface area contributed by atoms with Gasteiger partial charge >= 0.3 is 0 Å². The highest BCUT2D eigenvalue weighted by Gasteiger charge is 2.31. The predicted octanol–water partition coefficient (Wildman–Crippen LogP) is 7.82. The molecular formula is C23H49B. The lowest BCUT2D eigenvalue weighted by atomic mass is 9.57. The third-order valence-electron chi connectivity index (χ3n) is 7.12. The van der Waals surface area contributed by atoms with E-state index in [9.17, 15) is 0 Å². The maximum absolute atomic E-state index is 2.58. The lowest BCUT2D eigenvalue weighted by Crippen LogP contribution is -2.27. The Kier molecular flexibility index (Phi) is 12.5. The molecule has 0 saturated heterocycles. The fraction of sp³-hybridized carbons (Fsp3) is 1.00. The van der Waals surface area contributed by atoms with Gasteiger partial charge in [-0.1, -0.05) is 124 Å². The van der Waals surface area contributed by atoms with E-state index < -0.39 is 0 Å². The summed E-state index contributed by atoms with van der Waals surface area (Å²) in [7, 11) is 2.52. The molecule has 1 heteroatoms. The molecule has 0 amide bonds. The van der Waals surface area contributed by atoms with Crippen molar-refractivity contribution in [2.24, 2.45) is 17.3 Å². The van der Waals surface area contributed by atoms with Crippen molar-refractivity contribution >= 4 is 7.85 Å². The van der Waals surface area contributed by atoms with Gasteiger partial charge in [0.2, 0.25) is 0 Å². The molecule has 24 heavy (non-hydrogen) atoms. The van der Waals surface area contributed by atoms with Crippen LogP contribution in [0, 0.1) is 17.3 Å². The smallest absolute Gasteiger partial charge is 0.0667 e. The number of rotatable bonds is 15. The van der Waals surface area contributed by atoms with Gasteiger partial charge in [0.05, 0.1) is 0 Å². The van der Waals surface area contributed by atoms with Crippen LogP contribution in [0.2, 0.25) is 5.31 Å². The predicted molar refractivity (Wildman–Crippen MR) is 116 cm³/mol. The molecule has 0 aliphatic carbocycles. The minimum atomic E-state index is 0.527. The standard InChI is InChI=1S/C23H49B/c1-8-15-20(11-4)23(7,24)19-14-13-18-22(6,12-5)21(16-9-2)17-10-3/h20-21H,8-19,24H2,1-7H3. The first-order chi connectivity index (χ1) is 11.3. The number of unbranched alkanes of at least 4 members (excludes halogenated alkanes) is 1. The maximum Gasteiger partial charge on any atom is 0.109 e. The molecule has 0 radical (unpaired) electrons. The molecule has 0 aliphatic heterocycles. The summed E-state index contributed by atoms with van der Waals surface area (Å²) in [6.07, 6.45) is 16.7. The summed E-state index contributed by atoms with van der Waals surface area (Å²) in [5.74, 6) is 1.85. The molecular weight excluding hydrogens is 287 g/mol. The topological polar surface area (TPSA) is 0 Å². The van der Waals surface area contributed by atoms with Gasteiger partial charge in [-0.2, -0.15) is 0 Å². The SMILES string of the molecule is BC(C)(CCCCC(C)(CC)C(CCC)CCC)C(CC)CCC. The quantitative estimate of drug-likeness (QED) is 0.211. The Morgan fingerprint density at radius 3 is 1.58 bits per heavy atom. The Labute approximate surface area is 156 Å². The summed E-state index contributed by atoms with van der Waals surface area (Å²) in [5.41, 5.74) is 0.573. The Morgan fingerprint density at radius 2 is 1.17 bits per heavy atom. The van der Waals surface area contributed by atoms with Gasteiger partial charge in [-0.05, 0) is 23.7 Å². The van der Waals surface area contributed by atoms with Gasteiger partial charge in [-0.15, -0.1) is 0 Å². The summed E-state index contributed by atoms with van der Waals surface area (Å²) < 4.78 is 0. The normalized spacial score (nSPS) is 18.3. The molecule has 0 N–H and O–H groups in total. The van der Waals surface area contributed by atoms with Crippen LogP contribution in [0.4, 0.5) is 0 Å². The van der Waals surface area contributed by atoms with Crippen LogP contribution < -0.4 is 0 Å². The van der Waals surface area contributed by atoms with E-state index in [0.29, 0.717) is 10.7 Å². The summed E-state index contributed by atoms with van der Waals surface area (Å²) >= 11 is 0. The minimum absolute atomic E-state index is 0.527. The third kappa shape index (κ3) is 7.96. The van der Waals surface area contributed by atoms with Crippen molar-refractivity contribution < 1.29 is 0 Å². The molecule has 144 valence electrons. The molecule has 0 aliphatic rings. The van der Waals surface area contributed by atoms with Crippen LogP contribution in [-0.4, -0.2) is 7.85 Å². The Hall–Kier alpha value is 0.0649. The van der Waals surface area contributed by atoms with Crippen molar-refractivity contribution in [3.05, 3.63) is 0 Å². The summed E-state index contributed by atoms with van der Waals surface area (Å²) in [6, 6.07) is 0. The van der Waals surface area contributed by atoms with Crippen LogP contribution in [-0.2, 0) is 0 Å². The fourth-order valence-corrected chi connectivity index (χ4v) is 5.02. The van der Waals surface area contributed by atoms with Crippen LogP contribution in [0.25, 0.3) is 0 Å². The maximum atomic E-state index is 2.58. The molecule has 0 bridgehead atoms. The van der Waals surface area contributed by atoms with E-state index in [-0.39, 0.29) is 0 Å². The van der Waals surface area contributed by atoms with E-state index in [4.69, 9.17) is 0 Å². The van der Waals surface area contributed by atoms with E-state index >= 15 is 0 Å². The van der Waals surface area contributed by atoms with E-state index in [1.165, 1.54) is 77.0 Å². The summed E-state index contributed by atoms with van der Waals surface area (Å²) in [6.45, 7) is 17.0. The molecule has 3 unspecified atom stereocenters. The lowest BCUT2D eigenvalue weighted by Gasteiger charge is -2.38. The van der Waals surface area contributed by atoms with Gasteiger partial charge in [0.25, 0.3) is 0 Å². The molecule has 0 heterocycles. The molecule has 0 aromatic heterocycles. The average Bonchev–Trinajstić information content (AvgIpc) is 2.56. The number of hydrogen-bond acceptors (Lipinski definition) is 0. The zero-order valence-corrected chi connectivity index (χ0v) is 18.6.